The number of carboxylic acids is 1. The van der Waals surface area contributed by atoms with Gasteiger partial charge in [-0.3, -0.25) is 4.79 Å². The van der Waals surface area contributed by atoms with Crippen LogP contribution in [0.1, 0.15) is 6.42 Å². The number of hydrogen-bond donors (Lipinski definition) is 2. The van der Waals surface area contributed by atoms with Gasteiger partial charge in [0.1, 0.15) is 0 Å². The Morgan fingerprint density at radius 2 is 1.29 bits per heavy atom. The van der Waals surface area contributed by atoms with Crippen LogP contribution in [-0.2, 0) is 28.5 Å². The van der Waals surface area contributed by atoms with Crippen molar-refractivity contribution in [3.05, 3.63) is 0 Å². The maximum atomic E-state index is 10.2. The van der Waals surface area contributed by atoms with Crippen molar-refractivity contribution in [3.63, 3.8) is 0 Å². The van der Waals surface area contributed by atoms with E-state index in [1.165, 1.54) is 0 Å². The molecule has 0 saturated heterocycles. The van der Waals surface area contributed by atoms with Gasteiger partial charge in [-0.2, -0.15) is 6.41 Å². The van der Waals surface area contributed by atoms with Crippen LogP contribution in [0.4, 0.5) is 0 Å². The molecule has 9 heteroatoms. The van der Waals surface area contributed by atoms with Crippen molar-refractivity contribution < 1.29 is 33.6 Å². The van der Waals surface area contributed by atoms with Crippen LogP contribution in [0.3, 0.4) is 0 Å². The number of carboxylic acid groups (broad SMARTS) is 1. The van der Waals surface area contributed by atoms with Crippen molar-refractivity contribution in [1.29, 1.82) is 0 Å². The zero-order valence-corrected chi connectivity index (χ0v) is 14.2. The Labute approximate surface area is 118 Å². The smallest absolute Gasteiger partial charge is 0.305 e. The number of aliphatic carboxylic acids is 1. The van der Waals surface area contributed by atoms with E-state index >= 15 is 0 Å². The van der Waals surface area contributed by atoms with Crippen molar-refractivity contribution in [3.8, 4) is 0 Å². The summed E-state index contributed by atoms with van der Waals surface area (Å²) in [5.41, 5.74) is 0. The first-order valence-electron chi connectivity index (χ1n) is 6.40. The van der Waals surface area contributed by atoms with Crippen molar-refractivity contribution in [2.75, 3.05) is 59.4 Å². The van der Waals surface area contributed by atoms with Crippen LogP contribution in [0.2, 0.25) is 0 Å². The van der Waals surface area contributed by atoms with Crippen LogP contribution < -0.4 is 5.32 Å². The third kappa shape index (κ3) is 20.3. The summed E-state index contributed by atoms with van der Waals surface area (Å²) < 4.78 is 20.6. The number of nitrogens with one attached hydrogen (secondary N) is 1. The zero-order chi connectivity index (χ0) is 14.9. The molecular formula is C12H22FmNO7-. The second kappa shape index (κ2) is 17.8. The molecule has 0 spiro atoms. The van der Waals surface area contributed by atoms with E-state index in [1.807, 2.05) is 0 Å². The molecule has 0 aliphatic carbocycles. The Kier molecular flexibility index (Phi) is 17.9. The Morgan fingerprint density at radius 1 is 0.857 bits per heavy atom. The van der Waals surface area contributed by atoms with E-state index in [4.69, 9.17) is 24.1 Å². The fraction of sp³-hybridized carbons (Fsp3) is 0.833. The fourth-order valence-electron chi connectivity index (χ4n) is 1.10. The van der Waals surface area contributed by atoms with Gasteiger partial charge >= 0.3 is 5.97 Å². The third-order valence-corrected chi connectivity index (χ3v) is 2.02. The molecule has 0 saturated carbocycles. The van der Waals surface area contributed by atoms with Crippen LogP contribution in [0.5, 0.6) is 0 Å². The molecule has 0 aromatic heterocycles. The van der Waals surface area contributed by atoms with Crippen molar-refractivity contribution >= 4 is 12.4 Å². The van der Waals surface area contributed by atoms with Crippen molar-refractivity contribution in [2.24, 2.45) is 0 Å². The van der Waals surface area contributed by atoms with Crippen LogP contribution in [0, 0.1) is 0 Å². The summed E-state index contributed by atoms with van der Waals surface area (Å²) in [6.07, 6.45) is 1.55. The van der Waals surface area contributed by atoms with E-state index in [9.17, 15) is 9.59 Å². The molecule has 0 radical (unpaired) electrons. The van der Waals surface area contributed by atoms with Gasteiger partial charge in [-0.05, 0) is 0 Å². The summed E-state index contributed by atoms with van der Waals surface area (Å²) in [5, 5.41) is 10.7. The standard InChI is InChI=1S/C12H22NO7.Fm/c14-11-13-2-4-18-6-8-20-10-9-19-7-5-17-3-1-12(15)16;/h1-10H2,(H,13,14)(H,15,16);/q-1;. The SMILES string of the molecule is O=[C-]NCCOCCOCCOCCOCCC(=O)O.[Fm]. The largest absolute Gasteiger partial charge is 0.528 e. The predicted octanol–water partition coefficient (Wildman–Crippen LogP) is -0.816. The van der Waals surface area contributed by atoms with Crippen molar-refractivity contribution in [2.45, 2.75) is 6.42 Å². The van der Waals surface area contributed by atoms with Gasteiger partial charge in [0.2, 0.25) is 0 Å². The summed E-state index contributed by atoms with van der Waals surface area (Å²) in [5.74, 6) is -0.874. The Balaban J connectivity index is 0. The molecule has 0 aromatic rings. The first kappa shape index (κ1) is 21.1. The minimum atomic E-state index is -0.874. The number of amides is 1. The van der Waals surface area contributed by atoms with E-state index in [2.05, 4.69) is 5.32 Å². The quantitative estimate of drug-likeness (QED) is 0.148. The van der Waals surface area contributed by atoms with E-state index in [1.54, 1.807) is 6.41 Å². The molecule has 0 atom stereocenters. The first-order valence-corrected chi connectivity index (χ1v) is 6.40. The Morgan fingerprint density at radius 3 is 1.71 bits per heavy atom. The molecule has 0 rings (SSSR count). The average Bonchev–Trinajstić information content (AvgIpc) is 2.43. The summed E-state index contributed by atoms with van der Waals surface area (Å²) in [6.45, 7) is 3.68. The Bertz CT molecular complexity index is 244. The molecule has 130 valence electrons. The number of carbonyl (C=O) groups excluding carboxylic acids is 1. The molecule has 0 unspecified atom stereocenters. The van der Waals surface area contributed by atoms with Gasteiger partial charge in [0, 0.05) is 6.54 Å². The Hall–Kier alpha value is -2.22. The molecule has 2 N–H and O–H groups in total. The van der Waals surface area contributed by atoms with Crippen LogP contribution in [-0.4, -0.2) is 76.9 Å². The third-order valence-electron chi connectivity index (χ3n) is 2.02. The number of rotatable bonds is 16. The number of ether oxygens (including phenoxy) is 4. The number of hydrogen-bond acceptors (Lipinski definition) is 6. The maximum absolute atomic E-state index is 10.2. The van der Waals surface area contributed by atoms with Gasteiger partial charge in [-0.1, -0.05) is 0 Å². The normalized spacial score (nSPS) is 9.90. The van der Waals surface area contributed by atoms with E-state index in [0.29, 0.717) is 52.8 Å². The van der Waals surface area contributed by atoms with Crippen molar-refractivity contribution in [1.82, 2.24) is 5.32 Å². The number of carbonyl (C=O) groups is 1. The first-order chi connectivity index (χ1) is 9.77. The van der Waals surface area contributed by atoms with Gasteiger partial charge in [-0.15, -0.1) is 0 Å². The topological polar surface area (TPSA) is 103 Å². The monoisotopic (exact) mass is 549 g/mol. The second-order valence-electron chi connectivity index (χ2n) is 3.62. The van der Waals surface area contributed by atoms with Crippen LogP contribution in [0.15, 0.2) is 0 Å². The van der Waals surface area contributed by atoms with Crippen LogP contribution >= 0.6 is 0 Å². The molecule has 0 bridgehead atoms. The van der Waals surface area contributed by atoms with E-state index in [-0.39, 0.29) is 13.0 Å². The molecule has 0 fully saturated rings. The zero-order valence-electron chi connectivity index (χ0n) is 11.8. The molecule has 0 aliphatic rings. The molecule has 0 heterocycles. The maximum Gasteiger partial charge on any atom is 0.305 e. The molecule has 1 amide bonds. The van der Waals surface area contributed by atoms with Gasteiger partial charge in [0.05, 0.1) is 59.3 Å². The summed E-state index contributed by atoms with van der Waals surface area (Å²) in [4.78, 5) is 20.0. The van der Waals surface area contributed by atoms with Crippen LogP contribution in [0.25, 0.3) is 0 Å². The predicted molar refractivity (Wildman–Crippen MR) is 69.2 cm³/mol. The van der Waals surface area contributed by atoms with Gasteiger partial charge in [-0.25, -0.2) is 0 Å². The summed E-state index contributed by atoms with van der Waals surface area (Å²) in [6, 6.07) is 0. The van der Waals surface area contributed by atoms with E-state index < -0.39 is 5.97 Å². The fourth-order valence-corrected chi connectivity index (χ4v) is 1.10. The molecular weight excluding hydrogens is 527 g/mol. The van der Waals surface area contributed by atoms with E-state index in [0.717, 1.165) is 0 Å². The minimum absolute atomic E-state index is 0. The van der Waals surface area contributed by atoms with Gasteiger partial charge < -0.3 is 34.2 Å². The van der Waals surface area contributed by atoms with Gasteiger partial charge in [0.25, 0.3) is 0 Å². The van der Waals surface area contributed by atoms with Gasteiger partial charge in [0.15, 0.2) is 0 Å². The average molecular weight is 549 g/mol. The minimum Gasteiger partial charge on any atom is -0.528 e. The molecule has 0 aliphatic heterocycles. The molecule has 21 heavy (non-hydrogen) atoms. The molecule has 8 nitrogen and oxygen atoms in total. The molecule has 0 aromatic carbocycles. The summed E-state index contributed by atoms with van der Waals surface area (Å²) in [7, 11) is 0. The second-order valence-corrected chi connectivity index (χ2v) is 3.62. The summed E-state index contributed by atoms with van der Waals surface area (Å²) >= 11 is 0.